The lowest BCUT2D eigenvalue weighted by Gasteiger charge is -2.16. The molecule has 6 heteroatoms. The highest BCUT2D eigenvalue weighted by Crippen LogP contribution is 2.26. The molecule has 120 valence electrons. The molecule has 2 heterocycles. The van der Waals surface area contributed by atoms with Crippen LogP contribution in [0.25, 0.3) is 16.8 Å². The largest absolute Gasteiger partial charge is 0.392 e. The lowest BCUT2D eigenvalue weighted by molar-refractivity contribution is 0.0945. The Hall–Kier alpha value is -3.12. The third-order valence-electron chi connectivity index (χ3n) is 4.12. The van der Waals surface area contributed by atoms with Gasteiger partial charge in [0.2, 0.25) is 0 Å². The molecule has 0 atom stereocenters. The molecule has 0 fully saturated rings. The van der Waals surface area contributed by atoms with Crippen LogP contribution in [-0.2, 0) is 6.61 Å². The highest BCUT2D eigenvalue weighted by atomic mass is 16.3. The molecule has 0 unspecified atom stereocenters. The van der Waals surface area contributed by atoms with Gasteiger partial charge in [-0.3, -0.25) is 4.79 Å². The summed E-state index contributed by atoms with van der Waals surface area (Å²) >= 11 is 0. The number of aliphatic hydroxyl groups is 1. The van der Waals surface area contributed by atoms with Crippen molar-refractivity contribution in [3.63, 3.8) is 0 Å². The average molecular weight is 320 g/mol. The summed E-state index contributed by atoms with van der Waals surface area (Å²) in [5.74, 6) is -0.143. The first-order valence-corrected chi connectivity index (χ1v) is 7.67. The lowest BCUT2D eigenvalue weighted by Crippen LogP contribution is -2.35. The smallest absolute Gasteiger partial charge is 0.273 e. The molecule has 0 aliphatic carbocycles. The van der Waals surface area contributed by atoms with Crippen molar-refractivity contribution in [2.45, 2.75) is 6.61 Å². The number of aromatic nitrogens is 2. The number of rotatable bonds is 3. The Kier molecular flexibility index (Phi) is 3.51. The van der Waals surface area contributed by atoms with Gasteiger partial charge in [-0.1, -0.05) is 36.4 Å². The van der Waals surface area contributed by atoms with Crippen LogP contribution in [0.4, 0.5) is 5.69 Å². The van der Waals surface area contributed by atoms with Crippen LogP contribution >= 0.6 is 0 Å². The van der Waals surface area contributed by atoms with E-state index in [-0.39, 0.29) is 12.5 Å². The molecule has 0 spiro atoms. The Morgan fingerprint density at radius 1 is 1.08 bits per heavy atom. The van der Waals surface area contributed by atoms with Gasteiger partial charge in [-0.15, -0.1) is 0 Å². The minimum atomic E-state index is -0.143. The van der Waals surface area contributed by atoms with Crippen molar-refractivity contribution in [1.29, 1.82) is 0 Å². The van der Waals surface area contributed by atoms with Crippen molar-refractivity contribution in [3.8, 4) is 16.8 Å². The molecule has 0 bridgehead atoms. The maximum atomic E-state index is 12.1. The number of carbonyl (C=O) groups excluding carboxylic acids is 1. The van der Waals surface area contributed by atoms with Crippen molar-refractivity contribution in [3.05, 3.63) is 66.0 Å². The van der Waals surface area contributed by atoms with Crippen LogP contribution in [0.1, 0.15) is 16.1 Å². The molecule has 6 nitrogen and oxygen atoms in total. The van der Waals surface area contributed by atoms with Gasteiger partial charge < -0.3 is 15.7 Å². The number of nitrogens with zero attached hydrogens (tertiary/aromatic N) is 2. The Labute approximate surface area is 138 Å². The molecular weight excluding hydrogens is 304 g/mol. The van der Waals surface area contributed by atoms with E-state index in [1.54, 1.807) is 10.9 Å². The maximum Gasteiger partial charge on any atom is 0.273 e. The van der Waals surface area contributed by atoms with E-state index < -0.39 is 0 Å². The summed E-state index contributed by atoms with van der Waals surface area (Å²) in [7, 11) is 0. The molecule has 3 N–H and O–H groups in total. The first-order valence-electron chi connectivity index (χ1n) is 7.67. The number of hydrogen-bond acceptors (Lipinski definition) is 4. The third kappa shape index (κ3) is 2.33. The zero-order valence-electron chi connectivity index (χ0n) is 12.9. The SMILES string of the molecule is O=C1NCNc2cnn(-c3ccc(-c4ccccc4CO)cc3)c21. The fraction of sp³-hybridized carbons (Fsp3) is 0.111. The van der Waals surface area contributed by atoms with E-state index in [4.69, 9.17) is 0 Å². The summed E-state index contributed by atoms with van der Waals surface area (Å²) in [5.41, 5.74) is 4.92. The lowest BCUT2D eigenvalue weighted by atomic mass is 10.00. The summed E-state index contributed by atoms with van der Waals surface area (Å²) in [6.45, 7) is 0.408. The van der Waals surface area contributed by atoms with E-state index in [0.29, 0.717) is 12.4 Å². The summed E-state index contributed by atoms with van der Waals surface area (Å²) in [5, 5.41) is 19.6. The standard InChI is InChI=1S/C18H16N4O2/c23-10-13-3-1-2-4-15(13)12-5-7-14(8-6-12)22-17-16(9-21-22)19-11-20-18(17)24/h1-9,19,23H,10-11H2,(H,20,24). The van der Waals surface area contributed by atoms with Gasteiger partial charge in [-0.25, -0.2) is 4.68 Å². The molecule has 1 aromatic heterocycles. The molecule has 3 aromatic rings. The molecule has 0 saturated carbocycles. The van der Waals surface area contributed by atoms with Gasteiger partial charge >= 0.3 is 0 Å². The van der Waals surface area contributed by atoms with Gasteiger partial charge in [0.25, 0.3) is 5.91 Å². The van der Waals surface area contributed by atoms with E-state index in [1.165, 1.54) is 0 Å². The van der Waals surface area contributed by atoms with Crippen molar-refractivity contribution >= 4 is 11.6 Å². The van der Waals surface area contributed by atoms with Gasteiger partial charge in [-0.2, -0.15) is 5.10 Å². The molecule has 24 heavy (non-hydrogen) atoms. The Bertz CT molecular complexity index is 900. The molecular formula is C18H16N4O2. The van der Waals surface area contributed by atoms with Crippen molar-refractivity contribution in [1.82, 2.24) is 15.1 Å². The second-order valence-electron chi connectivity index (χ2n) is 5.54. The first kappa shape index (κ1) is 14.5. The van der Waals surface area contributed by atoms with Crippen LogP contribution < -0.4 is 10.6 Å². The Morgan fingerprint density at radius 3 is 2.67 bits per heavy atom. The van der Waals surface area contributed by atoms with Crippen molar-refractivity contribution in [2.75, 3.05) is 12.0 Å². The highest BCUT2D eigenvalue weighted by Gasteiger charge is 2.22. The van der Waals surface area contributed by atoms with Gasteiger partial charge in [-0.05, 0) is 28.8 Å². The van der Waals surface area contributed by atoms with Crippen LogP contribution in [0.5, 0.6) is 0 Å². The number of aliphatic hydroxyl groups excluding tert-OH is 1. The van der Waals surface area contributed by atoms with Gasteiger partial charge in [0.15, 0.2) is 5.69 Å². The Balaban J connectivity index is 1.73. The third-order valence-corrected chi connectivity index (χ3v) is 4.12. The zero-order valence-corrected chi connectivity index (χ0v) is 12.9. The molecule has 1 aliphatic heterocycles. The number of anilines is 1. The van der Waals surface area contributed by atoms with Crippen molar-refractivity contribution < 1.29 is 9.90 Å². The van der Waals surface area contributed by atoms with E-state index in [9.17, 15) is 9.90 Å². The topological polar surface area (TPSA) is 79.2 Å². The van der Waals surface area contributed by atoms with Gasteiger partial charge in [0.1, 0.15) is 0 Å². The monoisotopic (exact) mass is 320 g/mol. The fourth-order valence-electron chi connectivity index (χ4n) is 2.92. The second kappa shape index (κ2) is 5.82. The maximum absolute atomic E-state index is 12.1. The number of amides is 1. The van der Waals surface area contributed by atoms with Crippen LogP contribution in [0.15, 0.2) is 54.7 Å². The molecule has 1 amide bonds. The minimum absolute atomic E-state index is 0.00354. The summed E-state index contributed by atoms with van der Waals surface area (Å²) in [4.78, 5) is 12.1. The summed E-state index contributed by atoms with van der Waals surface area (Å²) in [6.07, 6.45) is 1.66. The van der Waals surface area contributed by atoms with Crippen LogP contribution in [0, 0.1) is 0 Å². The number of hydrogen-bond donors (Lipinski definition) is 3. The molecule has 0 radical (unpaired) electrons. The second-order valence-corrected chi connectivity index (χ2v) is 5.54. The van der Waals surface area contributed by atoms with Gasteiger partial charge in [0, 0.05) is 0 Å². The van der Waals surface area contributed by atoms with Crippen LogP contribution in [0.3, 0.4) is 0 Å². The van der Waals surface area contributed by atoms with E-state index >= 15 is 0 Å². The van der Waals surface area contributed by atoms with E-state index in [0.717, 1.165) is 28.1 Å². The van der Waals surface area contributed by atoms with Crippen LogP contribution in [-0.4, -0.2) is 27.5 Å². The molecule has 0 saturated heterocycles. The minimum Gasteiger partial charge on any atom is -0.392 e. The number of nitrogens with one attached hydrogen (secondary N) is 2. The molecule has 1 aliphatic rings. The summed E-state index contributed by atoms with van der Waals surface area (Å²) < 4.78 is 1.62. The van der Waals surface area contributed by atoms with E-state index in [2.05, 4.69) is 15.7 Å². The normalized spacial score (nSPS) is 13.1. The number of carbonyl (C=O) groups is 1. The predicted molar refractivity (Wildman–Crippen MR) is 90.9 cm³/mol. The Morgan fingerprint density at radius 2 is 1.88 bits per heavy atom. The van der Waals surface area contributed by atoms with E-state index in [1.807, 2.05) is 48.5 Å². The molecule has 2 aromatic carbocycles. The number of benzene rings is 2. The predicted octanol–water partition coefficient (Wildman–Crippen LogP) is 2.14. The first-order chi connectivity index (χ1) is 11.8. The van der Waals surface area contributed by atoms with Crippen LogP contribution in [0.2, 0.25) is 0 Å². The zero-order chi connectivity index (χ0) is 16.5. The average Bonchev–Trinajstić information content (AvgIpc) is 3.07. The fourth-order valence-corrected chi connectivity index (χ4v) is 2.92. The highest BCUT2D eigenvalue weighted by molar-refractivity contribution is 6.00. The van der Waals surface area contributed by atoms with Crippen molar-refractivity contribution in [2.24, 2.45) is 0 Å². The van der Waals surface area contributed by atoms with Gasteiger partial charge in [0.05, 0.1) is 30.8 Å². The number of fused-ring (bicyclic) bond motifs is 1. The quantitative estimate of drug-likeness (QED) is 0.691. The molecule has 4 rings (SSSR count). The summed E-state index contributed by atoms with van der Waals surface area (Å²) in [6, 6.07) is 15.5.